The van der Waals surface area contributed by atoms with E-state index in [0.717, 1.165) is 58.7 Å². The minimum absolute atomic E-state index is 0.0449. The Kier molecular flexibility index (Phi) is 5.46. The van der Waals surface area contributed by atoms with E-state index in [-0.39, 0.29) is 11.4 Å². The second kappa shape index (κ2) is 8.45. The molecule has 0 radical (unpaired) electrons. The molecule has 0 saturated carbocycles. The monoisotopic (exact) mass is 443 g/mol. The van der Waals surface area contributed by atoms with E-state index in [0.29, 0.717) is 17.7 Å². The quantitative estimate of drug-likeness (QED) is 0.462. The number of aryl methyl sites for hydroxylation is 1. The number of hydrogen-bond acceptors (Lipinski definition) is 4. The number of ether oxygens (including phenoxy) is 1. The van der Waals surface area contributed by atoms with Crippen LogP contribution in [0.5, 0.6) is 5.75 Å². The van der Waals surface area contributed by atoms with Gasteiger partial charge in [0, 0.05) is 49.7 Å². The molecule has 6 heteroatoms. The van der Waals surface area contributed by atoms with Crippen LogP contribution in [-0.2, 0) is 26.6 Å². The van der Waals surface area contributed by atoms with Crippen LogP contribution >= 0.6 is 0 Å². The first kappa shape index (κ1) is 21.3. The zero-order valence-corrected chi connectivity index (χ0v) is 19.1. The summed E-state index contributed by atoms with van der Waals surface area (Å²) in [6.45, 7) is 4.00. The molecule has 5 nitrogen and oxygen atoms in total. The van der Waals surface area contributed by atoms with Crippen molar-refractivity contribution in [3.05, 3.63) is 93.3 Å². The smallest absolute Gasteiger partial charge is 0.258 e. The maximum absolute atomic E-state index is 13.8. The van der Waals surface area contributed by atoms with E-state index in [9.17, 15) is 9.18 Å². The summed E-state index contributed by atoms with van der Waals surface area (Å²) >= 11 is 0. The number of benzene rings is 2. The van der Waals surface area contributed by atoms with Gasteiger partial charge in [-0.25, -0.2) is 9.37 Å². The number of rotatable bonds is 4. The second-order valence-corrected chi connectivity index (χ2v) is 8.65. The highest BCUT2D eigenvalue weighted by molar-refractivity contribution is 5.84. The first-order valence-electron chi connectivity index (χ1n) is 11.1. The van der Waals surface area contributed by atoms with Gasteiger partial charge in [0.15, 0.2) is 0 Å². The Morgan fingerprint density at radius 1 is 1.12 bits per heavy atom. The van der Waals surface area contributed by atoms with Crippen LogP contribution in [0.2, 0.25) is 0 Å². The Morgan fingerprint density at radius 2 is 1.97 bits per heavy atom. The normalized spacial score (nSPS) is 13.8. The summed E-state index contributed by atoms with van der Waals surface area (Å²) in [6, 6.07) is 16.9. The van der Waals surface area contributed by atoms with Gasteiger partial charge in [-0.15, -0.1) is 0 Å². The van der Waals surface area contributed by atoms with E-state index in [1.54, 1.807) is 30.7 Å². The number of methoxy groups -OCH3 is 1. The van der Waals surface area contributed by atoms with Crippen molar-refractivity contribution in [2.75, 3.05) is 13.7 Å². The Labute approximate surface area is 192 Å². The van der Waals surface area contributed by atoms with Crippen LogP contribution in [0.15, 0.2) is 59.4 Å². The lowest BCUT2D eigenvalue weighted by Gasteiger charge is -2.30. The highest BCUT2D eigenvalue weighted by Gasteiger charge is 2.22. The molecular formula is C27H26FN3O2. The summed E-state index contributed by atoms with van der Waals surface area (Å²) in [6.07, 6.45) is 0.792. The summed E-state index contributed by atoms with van der Waals surface area (Å²) in [5.41, 5.74) is 5.88. The lowest BCUT2D eigenvalue weighted by Crippen LogP contribution is -2.35. The molecule has 168 valence electrons. The van der Waals surface area contributed by atoms with Gasteiger partial charge in [-0.1, -0.05) is 24.3 Å². The van der Waals surface area contributed by atoms with Crippen molar-refractivity contribution in [1.82, 2.24) is 14.5 Å². The molecule has 2 aromatic heterocycles. The number of para-hydroxylation sites is 1. The summed E-state index contributed by atoms with van der Waals surface area (Å²) in [5.74, 6) is 0.506. The molecule has 0 atom stereocenters. The van der Waals surface area contributed by atoms with Gasteiger partial charge in [0.1, 0.15) is 17.1 Å². The molecule has 5 rings (SSSR count). The molecule has 3 heterocycles. The van der Waals surface area contributed by atoms with E-state index in [4.69, 9.17) is 9.72 Å². The Balaban J connectivity index is 1.46. The highest BCUT2D eigenvalue weighted by Crippen LogP contribution is 2.27. The zero-order chi connectivity index (χ0) is 23.1. The molecule has 4 aromatic rings. The largest absolute Gasteiger partial charge is 0.494 e. The van der Waals surface area contributed by atoms with Gasteiger partial charge < -0.3 is 9.30 Å². The summed E-state index contributed by atoms with van der Waals surface area (Å²) in [5, 5.41) is 1.05. The van der Waals surface area contributed by atoms with Gasteiger partial charge in [0.05, 0.1) is 12.8 Å². The number of halogens is 1. The molecule has 33 heavy (non-hydrogen) atoms. The molecule has 0 spiro atoms. The summed E-state index contributed by atoms with van der Waals surface area (Å²) in [4.78, 5) is 20.2. The van der Waals surface area contributed by atoms with Crippen molar-refractivity contribution in [2.45, 2.75) is 26.4 Å². The van der Waals surface area contributed by atoms with Crippen LogP contribution in [0.25, 0.3) is 22.0 Å². The average molecular weight is 444 g/mol. The maximum atomic E-state index is 13.8. The van der Waals surface area contributed by atoms with Crippen molar-refractivity contribution in [3.63, 3.8) is 0 Å². The molecule has 1 aliphatic rings. The first-order chi connectivity index (χ1) is 15.9. The molecule has 0 amide bonds. The highest BCUT2D eigenvalue weighted by atomic mass is 19.1. The van der Waals surface area contributed by atoms with E-state index in [1.807, 2.05) is 31.3 Å². The Bertz CT molecular complexity index is 1430. The Morgan fingerprint density at radius 3 is 2.76 bits per heavy atom. The van der Waals surface area contributed by atoms with Gasteiger partial charge in [0.2, 0.25) is 0 Å². The molecule has 0 bridgehead atoms. The van der Waals surface area contributed by atoms with E-state index in [1.165, 1.54) is 6.07 Å². The average Bonchev–Trinajstić information content (AvgIpc) is 2.82. The van der Waals surface area contributed by atoms with E-state index in [2.05, 4.69) is 17.0 Å². The summed E-state index contributed by atoms with van der Waals surface area (Å²) in [7, 11) is 3.49. The Hall–Kier alpha value is -3.51. The van der Waals surface area contributed by atoms with Crippen molar-refractivity contribution < 1.29 is 9.13 Å². The van der Waals surface area contributed by atoms with Crippen molar-refractivity contribution >= 4 is 10.9 Å². The predicted molar refractivity (Wildman–Crippen MR) is 128 cm³/mol. The standard InChI is InChI=1S/C27H26FN3O2/c1-17-13-19(8-10-23(17)28)22-14-20-15-31(12-11-24(20)30(2)27(22)32)16-21-9-7-18-5-4-6-25(33-3)26(18)29-21/h4-10,13-14H,11-12,15-16H2,1-3H3. The number of fused-ring (bicyclic) bond motifs is 2. The SMILES string of the molecule is COc1cccc2ccc(CN3CCc4c(cc(-c5ccc(F)c(C)c5)c(=O)n4C)C3)nc12. The van der Waals surface area contributed by atoms with Crippen molar-refractivity contribution in [3.8, 4) is 16.9 Å². The van der Waals surface area contributed by atoms with Crippen LogP contribution < -0.4 is 10.3 Å². The number of hydrogen-bond donors (Lipinski definition) is 0. The van der Waals surface area contributed by atoms with Crippen molar-refractivity contribution in [2.24, 2.45) is 7.05 Å². The van der Waals surface area contributed by atoms with Gasteiger partial charge in [0.25, 0.3) is 5.56 Å². The molecule has 0 aliphatic carbocycles. The number of nitrogens with zero attached hydrogens (tertiary/aromatic N) is 3. The van der Waals surface area contributed by atoms with Gasteiger partial charge in [-0.2, -0.15) is 0 Å². The first-order valence-corrected chi connectivity index (χ1v) is 11.1. The molecule has 0 unspecified atom stereocenters. The van der Waals surface area contributed by atoms with Crippen LogP contribution in [0.4, 0.5) is 4.39 Å². The van der Waals surface area contributed by atoms with Gasteiger partial charge in [-0.05, 0) is 53.9 Å². The van der Waals surface area contributed by atoms with Crippen LogP contribution in [0.3, 0.4) is 0 Å². The van der Waals surface area contributed by atoms with Crippen molar-refractivity contribution in [1.29, 1.82) is 0 Å². The molecule has 0 saturated heterocycles. The molecule has 0 fully saturated rings. The lowest BCUT2D eigenvalue weighted by molar-refractivity contribution is 0.238. The fourth-order valence-electron chi connectivity index (χ4n) is 4.68. The molecular weight excluding hydrogens is 417 g/mol. The van der Waals surface area contributed by atoms with Crippen LogP contribution in [0, 0.1) is 12.7 Å². The number of pyridine rings is 2. The predicted octanol–water partition coefficient (Wildman–Crippen LogP) is 4.61. The minimum Gasteiger partial charge on any atom is -0.494 e. The van der Waals surface area contributed by atoms with Gasteiger partial charge in [-0.3, -0.25) is 9.69 Å². The lowest BCUT2D eigenvalue weighted by atomic mass is 9.98. The van der Waals surface area contributed by atoms with Gasteiger partial charge >= 0.3 is 0 Å². The minimum atomic E-state index is -0.265. The molecule has 0 N–H and O–H groups in total. The zero-order valence-electron chi connectivity index (χ0n) is 19.1. The third-order valence-corrected chi connectivity index (χ3v) is 6.50. The molecule has 2 aromatic carbocycles. The van der Waals surface area contributed by atoms with E-state index >= 15 is 0 Å². The third kappa shape index (κ3) is 3.91. The third-order valence-electron chi connectivity index (χ3n) is 6.50. The number of aromatic nitrogens is 2. The van der Waals surface area contributed by atoms with Crippen LogP contribution in [-0.4, -0.2) is 28.1 Å². The van der Waals surface area contributed by atoms with Crippen LogP contribution in [0.1, 0.15) is 22.5 Å². The fourth-order valence-corrected chi connectivity index (χ4v) is 4.68. The molecule has 1 aliphatic heterocycles. The topological polar surface area (TPSA) is 47.4 Å². The fraction of sp³-hybridized carbons (Fsp3) is 0.259. The second-order valence-electron chi connectivity index (χ2n) is 8.65. The summed E-state index contributed by atoms with van der Waals surface area (Å²) < 4.78 is 21.0. The van der Waals surface area contributed by atoms with E-state index < -0.39 is 0 Å². The maximum Gasteiger partial charge on any atom is 0.258 e.